The number of aromatic amines is 1. The molecule has 2 aromatic rings. The molecule has 102 valence electrons. The number of hydrogen-bond donors (Lipinski definition) is 1. The normalized spacial score (nSPS) is 25.5. The topological polar surface area (TPSA) is 29.9 Å². The average Bonchev–Trinajstić information content (AvgIpc) is 2.65. The van der Waals surface area contributed by atoms with E-state index in [-0.39, 0.29) is 23.4 Å². The molecule has 1 saturated carbocycles. The molecule has 3 nitrogen and oxygen atoms in total. The van der Waals surface area contributed by atoms with Crippen molar-refractivity contribution >= 4 is 23.3 Å². The van der Waals surface area contributed by atoms with E-state index in [4.69, 9.17) is 17.0 Å². The van der Waals surface area contributed by atoms with Crippen molar-refractivity contribution in [3.05, 3.63) is 28.8 Å². The number of imidazole rings is 1. The van der Waals surface area contributed by atoms with Crippen LogP contribution in [0.5, 0.6) is 0 Å². The van der Waals surface area contributed by atoms with E-state index in [0.717, 1.165) is 17.5 Å². The highest BCUT2D eigenvalue weighted by molar-refractivity contribution is 7.71. The van der Waals surface area contributed by atoms with Gasteiger partial charge in [0.15, 0.2) is 4.77 Å². The molecule has 1 aliphatic rings. The van der Waals surface area contributed by atoms with E-state index in [0.29, 0.717) is 4.77 Å². The number of methoxy groups -OCH3 is 1. The van der Waals surface area contributed by atoms with Crippen molar-refractivity contribution in [2.45, 2.75) is 32.4 Å². The Morgan fingerprint density at radius 3 is 2.84 bits per heavy atom. The minimum Gasteiger partial charge on any atom is -0.381 e. The molecule has 0 aliphatic heterocycles. The van der Waals surface area contributed by atoms with Crippen molar-refractivity contribution in [1.82, 2.24) is 9.55 Å². The lowest BCUT2D eigenvalue weighted by atomic mass is 9.64. The van der Waals surface area contributed by atoms with E-state index in [1.54, 1.807) is 13.2 Å². The fourth-order valence-electron chi connectivity index (χ4n) is 3.11. The second-order valence-corrected chi connectivity index (χ2v) is 6.15. The van der Waals surface area contributed by atoms with E-state index in [9.17, 15) is 4.39 Å². The number of hydrogen-bond acceptors (Lipinski definition) is 2. The standard InChI is InChI=1S/C14H17FN2OS/c1-14(2)11(7-12(14)18-3)17-10-6-8(15)4-5-9(10)16-13(17)19/h4-6,11-12H,7H2,1-3H3,(H,16,19). The third-order valence-electron chi connectivity index (χ3n) is 4.40. The Labute approximate surface area is 116 Å². The zero-order valence-corrected chi connectivity index (χ0v) is 12.1. The first-order valence-electron chi connectivity index (χ1n) is 6.37. The third kappa shape index (κ3) is 1.75. The molecule has 0 saturated heterocycles. The molecular weight excluding hydrogens is 263 g/mol. The van der Waals surface area contributed by atoms with Gasteiger partial charge in [-0.25, -0.2) is 4.39 Å². The van der Waals surface area contributed by atoms with Gasteiger partial charge in [0.25, 0.3) is 0 Å². The highest BCUT2D eigenvalue weighted by atomic mass is 32.1. The van der Waals surface area contributed by atoms with Crippen molar-refractivity contribution in [1.29, 1.82) is 0 Å². The van der Waals surface area contributed by atoms with Crippen molar-refractivity contribution in [3.8, 4) is 0 Å². The van der Waals surface area contributed by atoms with Gasteiger partial charge in [0.2, 0.25) is 0 Å². The lowest BCUT2D eigenvalue weighted by Crippen LogP contribution is -2.51. The molecule has 1 aromatic heterocycles. The fraction of sp³-hybridized carbons (Fsp3) is 0.500. The minimum atomic E-state index is -0.240. The summed E-state index contributed by atoms with van der Waals surface area (Å²) in [5, 5.41) is 0. The van der Waals surface area contributed by atoms with Gasteiger partial charge < -0.3 is 14.3 Å². The molecule has 19 heavy (non-hydrogen) atoms. The van der Waals surface area contributed by atoms with Gasteiger partial charge in [0.05, 0.1) is 17.1 Å². The summed E-state index contributed by atoms with van der Waals surface area (Å²) in [6, 6.07) is 4.95. The number of nitrogens with one attached hydrogen (secondary N) is 1. The summed E-state index contributed by atoms with van der Waals surface area (Å²) in [6.45, 7) is 4.32. The Morgan fingerprint density at radius 1 is 1.47 bits per heavy atom. The molecule has 1 aliphatic carbocycles. The molecule has 1 N–H and O–H groups in total. The average molecular weight is 280 g/mol. The monoisotopic (exact) mass is 280 g/mol. The van der Waals surface area contributed by atoms with Crippen LogP contribution in [0.15, 0.2) is 18.2 Å². The van der Waals surface area contributed by atoms with Gasteiger partial charge in [-0.2, -0.15) is 0 Å². The smallest absolute Gasteiger partial charge is 0.178 e. The van der Waals surface area contributed by atoms with Crippen LogP contribution in [-0.2, 0) is 4.74 Å². The first-order chi connectivity index (χ1) is 8.95. The Balaban J connectivity index is 2.14. The van der Waals surface area contributed by atoms with E-state index < -0.39 is 0 Å². The molecule has 1 fully saturated rings. The van der Waals surface area contributed by atoms with Crippen LogP contribution in [0.2, 0.25) is 0 Å². The number of aromatic nitrogens is 2. The van der Waals surface area contributed by atoms with Gasteiger partial charge in [0, 0.05) is 18.6 Å². The van der Waals surface area contributed by atoms with Crippen LogP contribution in [-0.4, -0.2) is 22.8 Å². The summed E-state index contributed by atoms with van der Waals surface area (Å²) in [7, 11) is 1.73. The summed E-state index contributed by atoms with van der Waals surface area (Å²) in [5.41, 5.74) is 1.70. The number of rotatable bonds is 2. The molecule has 3 rings (SSSR count). The Bertz CT molecular complexity index is 688. The quantitative estimate of drug-likeness (QED) is 0.847. The summed E-state index contributed by atoms with van der Waals surface area (Å²) in [6.07, 6.45) is 1.12. The van der Waals surface area contributed by atoms with Gasteiger partial charge in [-0.3, -0.25) is 0 Å². The first-order valence-corrected chi connectivity index (χ1v) is 6.78. The zero-order valence-electron chi connectivity index (χ0n) is 11.2. The molecular formula is C14H17FN2OS. The Morgan fingerprint density at radius 2 is 2.21 bits per heavy atom. The summed E-state index contributed by atoms with van der Waals surface area (Å²) in [4.78, 5) is 3.14. The third-order valence-corrected chi connectivity index (χ3v) is 4.70. The van der Waals surface area contributed by atoms with Crippen molar-refractivity contribution in [3.63, 3.8) is 0 Å². The molecule has 1 aromatic carbocycles. The molecule has 2 unspecified atom stereocenters. The Kier molecular flexibility index (Phi) is 2.80. The second-order valence-electron chi connectivity index (χ2n) is 5.76. The maximum absolute atomic E-state index is 13.5. The van der Waals surface area contributed by atoms with E-state index >= 15 is 0 Å². The van der Waals surface area contributed by atoms with Gasteiger partial charge in [0.1, 0.15) is 5.82 Å². The number of halogens is 1. The van der Waals surface area contributed by atoms with Crippen LogP contribution in [0, 0.1) is 16.0 Å². The lowest BCUT2D eigenvalue weighted by molar-refractivity contribution is -0.111. The number of H-pyrrole nitrogens is 1. The zero-order chi connectivity index (χ0) is 13.8. The van der Waals surface area contributed by atoms with Gasteiger partial charge in [-0.1, -0.05) is 13.8 Å². The molecule has 2 atom stereocenters. The second kappa shape index (κ2) is 4.15. The van der Waals surface area contributed by atoms with Gasteiger partial charge in [-0.15, -0.1) is 0 Å². The van der Waals surface area contributed by atoms with E-state index in [1.165, 1.54) is 12.1 Å². The number of ether oxygens (including phenoxy) is 1. The number of benzene rings is 1. The van der Waals surface area contributed by atoms with Crippen molar-refractivity contribution < 1.29 is 9.13 Å². The molecule has 0 bridgehead atoms. The van der Waals surface area contributed by atoms with Crippen LogP contribution in [0.3, 0.4) is 0 Å². The Hall–Kier alpha value is -1.20. The lowest BCUT2D eigenvalue weighted by Gasteiger charge is -2.51. The number of nitrogens with zero attached hydrogens (tertiary/aromatic N) is 1. The predicted octanol–water partition coefficient (Wildman–Crippen LogP) is 3.82. The maximum Gasteiger partial charge on any atom is 0.178 e. The van der Waals surface area contributed by atoms with Crippen molar-refractivity contribution in [2.75, 3.05) is 7.11 Å². The molecule has 0 spiro atoms. The van der Waals surface area contributed by atoms with Crippen LogP contribution < -0.4 is 0 Å². The number of fused-ring (bicyclic) bond motifs is 1. The summed E-state index contributed by atoms with van der Waals surface area (Å²) in [5.74, 6) is -0.240. The van der Waals surface area contributed by atoms with Gasteiger partial charge >= 0.3 is 0 Å². The van der Waals surface area contributed by atoms with E-state index in [2.05, 4.69) is 18.8 Å². The van der Waals surface area contributed by atoms with Crippen molar-refractivity contribution in [2.24, 2.45) is 5.41 Å². The van der Waals surface area contributed by atoms with E-state index in [1.807, 2.05) is 4.57 Å². The van der Waals surface area contributed by atoms with Crippen LogP contribution in [0.25, 0.3) is 11.0 Å². The molecule has 0 radical (unpaired) electrons. The first kappa shape index (κ1) is 12.8. The van der Waals surface area contributed by atoms with Crippen LogP contribution >= 0.6 is 12.2 Å². The molecule has 0 amide bonds. The highest BCUT2D eigenvalue weighted by Crippen LogP contribution is 2.51. The molecule has 1 heterocycles. The summed E-state index contributed by atoms with van der Waals surface area (Å²) >= 11 is 5.39. The summed E-state index contributed by atoms with van der Waals surface area (Å²) < 4.78 is 21.6. The fourth-order valence-corrected chi connectivity index (χ4v) is 3.44. The highest BCUT2D eigenvalue weighted by Gasteiger charge is 2.50. The van der Waals surface area contributed by atoms with Gasteiger partial charge in [-0.05, 0) is 36.8 Å². The SMILES string of the molecule is COC1CC(n2c(=S)[nH]c3ccc(F)cc32)C1(C)C. The minimum absolute atomic E-state index is 0.00554. The van der Waals surface area contributed by atoms with Crippen LogP contribution in [0.4, 0.5) is 4.39 Å². The van der Waals surface area contributed by atoms with Crippen LogP contribution in [0.1, 0.15) is 26.3 Å². The predicted molar refractivity (Wildman–Crippen MR) is 75.3 cm³/mol. The molecule has 5 heteroatoms. The maximum atomic E-state index is 13.5. The largest absolute Gasteiger partial charge is 0.381 e.